The molecular weight excluding hydrogens is 1110 g/mol. The van der Waals surface area contributed by atoms with Gasteiger partial charge in [-0.05, 0) is 170 Å². The zero-order valence-electron chi connectivity index (χ0n) is 36.6. The Labute approximate surface area is 442 Å². The molecule has 6 nitrogen and oxygen atoms in total. The monoisotopic (exact) mass is 1150 g/mol. The third kappa shape index (κ3) is 17.5. The molecule has 6 aromatic rings. The van der Waals surface area contributed by atoms with Crippen LogP contribution in [0, 0.1) is 0 Å². The van der Waals surface area contributed by atoms with Crippen molar-refractivity contribution in [2.75, 3.05) is 17.6 Å². The molecule has 0 aliphatic heterocycles. The van der Waals surface area contributed by atoms with Crippen molar-refractivity contribution in [2.45, 2.75) is 74.0 Å². The Morgan fingerprint density at radius 2 is 0.493 bits per heavy atom. The second-order valence-electron chi connectivity index (χ2n) is 15.5. The van der Waals surface area contributed by atoms with E-state index >= 15 is 0 Å². The molecule has 0 bridgehead atoms. The maximum Gasteiger partial charge on any atom is 0.120 e. The Balaban J connectivity index is 1.14. The van der Waals surface area contributed by atoms with Crippen molar-refractivity contribution < 1.29 is 28.4 Å². The first-order valence-electron chi connectivity index (χ1n) is 21.4. The summed E-state index contributed by atoms with van der Waals surface area (Å²) in [7, 11) is 0. The molecule has 0 unspecified atom stereocenters. The molecule has 14 heteroatoms. The summed E-state index contributed by atoms with van der Waals surface area (Å²) in [6.45, 7) is 1.77. The van der Waals surface area contributed by atoms with Gasteiger partial charge in [0.2, 0.25) is 0 Å². The van der Waals surface area contributed by atoms with E-state index in [2.05, 4.69) is 40.8 Å². The molecule has 0 saturated carbocycles. The van der Waals surface area contributed by atoms with Gasteiger partial charge in [0.1, 0.15) is 74.1 Å². The number of ether oxygens (including phenoxy) is 6. The average molecular weight is 1160 g/mol. The first-order chi connectivity index (χ1) is 32.7. The second-order valence-corrected chi connectivity index (χ2v) is 18.5. The summed E-state index contributed by atoms with van der Waals surface area (Å²) in [5.74, 6) is 6.67. The molecule has 0 heterocycles. The molecule has 0 saturated heterocycles. The highest BCUT2D eigenvalue weighted by atomic mass is 127. The van der Waals surface area contributed by atoms with Crippen LogP contribution in [0.25, 0.3) is 0 Å². The van der Waals surface area contributed by atoms with Crippen molar-refractivity contribution in [2.24, 2.45) is 0 Å². The normalized spacial score (nSPS) is 11.2. The van der Waals surface area contributed by atoms with Crippen molar-refractivity contribution in [1.82, 2.24) is 0 Å². The maximum atomic E-state index is 6.33. The van der Waals surface area contributed by atoms with Crippen LogP contribution in [0.15, 0.2) is 121 Å². The van der Waals surface area contributed by atoms with Gasteiger partial charge in [0.15, 0.2) is 0 Å². The number of benzene rings is 6. The van der Waals surface area contributed by atoms with Crippen LogP contribution in [0.1, 0.15) is 66.8 Å². The molecule has 0 N–H and O–H groups in total. The molecular formula is C53H50Cl7IO6. The fourth-order valence-electron chi connectivity index (χ4n) is 7.09. The van der Waals surface area contributed by atoms with Crippen LogP contribution in [0.2, 0.25) is 0 Å². The number of rotatable bonds is 27. The van der Waals surface area contributed by atoms with Crippen molar-refractivity contribution >= 4 is 104 Å². The predicted octanol–water partition coefficient (Wildman–Crippen LogP) is 16.2. The van der Waals surface area contributed by atoms with Gasteiger partial charge in [-0.15, -0.1) is 81.2 Å². The van der Waals surface area contributed by atoms with Gasteiger partial charge in [-0.25, -0.2) is 0 Å². The summed E-state index contributed by atoms with van der Waals surface area (Å²) in [4.78, 5) is 0. The summed E-state index contributed by atoms with van der Waals surface area (Å²) >= 11 is 45.6. The van der Waals surface area contributed by atoms with E-state index in [0.717, 1.165) is 77.8 Å². The molecule has 0 spiro atoms. The van der Waals surface area contributed by atoms with E-state index in [0.29, 0.717) is 96.3 Å². The lowest BCUT2D eigenvalue weighted by molar-refractivity contribution is 0.295. The lowest BCUT2D eigenvalue weighted by Gasteiger charge is -2.14. The summed E-state index contributed by atoms with van der Waals surface area (Å²) in [5.41, 5.74) is 11.4. The number of alkyl halides is 8. The smallest absolute Gasteiger partial charge is 0.120 e. The number of hydrogen-bond acceptors (Lipinski definition) is 6. The minimum atomic E-state index is 0.282. The number of aryl methyl sites for hydroxylation is 1. The third-order valence-corrected chi connectivity index (χ3v) is 12.8. The van der Waals surface area contributed by atoms with Gasteiger partial charge in [-0.2, -0.15) is 0 Å². The Hall–Kier alpha value is -3.38. The molecule has 67 heavy (non-hydrogen) atoms. The second kappa shape index (κ2) is 28.3. The molecule has 0 aromatic heterocycles. The molecule has 0 aliphatic rings. The van der Waals surface area contributed by atoms with Crippen LogP contribution in [-0.2, 0) is 74.0 Å². The topological polar surface area (TPSA) is 55.4 Å². The number of hydrogen-bond donors (Lipinski definition) is 0. The fourth-order valence-corrected chi connectivity index (χ4v) is 8.79. The van der Waals surface area contributed by atoms with Crippen LogP contribution in [0.4, 0.5) is 0 Å². The predicted molar refractivity (Wildman–Crippen MR) is 286 cm³/mol. The molecule has 0 atom stereocenters. The standard InChI is InChI=1S/C53H50Cl7IO6/c54-25-37-7-36(3-4-61)13-50(14-37)64-32-44-11-45(33-65-51-15-38(26-55)8-39(16-51)27-56)22-48(21-44)62-5-1-2-6-63-49-23-46(34-66-52-17-40(28-57)9-41(18-52)29-58)12-47(24-49)35-67-53-19-42(30-59)10-43(20-53)31-60/h1-2,7-24H,3-6,25-35H2/b2-1-. The molecule has 0 fully saturated rings. The van der Waals surface area contributed by atoms with Gasteiger partial charge in [-0.1, -0.05) is 46.9 Å². The maximum absolute atomic E-state index is 6.33. The SMILES string of the molecule is ClCc1cc(CCl)cc(OCc2cc(COc3cc(CCl)cc(CCl)c3)cc(OC/C=C\COc3cc(COc4cc(CCl)cc(CCl)c4)cc(COc4cc(CCl)cc(CCI)c4)c3)c2)c1. The lowest BCUT2D eigenvalue weighted by Crippen LogP contribution is -2.04. The zero-order chi connectivity index (χ0) is 47.4. The lowest BCUT2D eigenvalue weighted by atomic mass is 10.1. The minimum Gasteiger partial charge on any atom is -0.490 e. The highest BCUT2D eigenvalue weighted by molar-refractivity contribution is 14.1. The van der Waals surface area contributed by atoms with Gasteiger partial charge in [0, 0.05) is 45.6 Å². The van der Waals surface area contributed by atoms with E-state index in [1.165, 1.54) is 5.56 Å². The summed E-state index contributed by atoms with van der Waals surface area (Å²) in [5, 5.41) is 0. The zero-order valence-corrected chi connectivity index (χ0v) is 44.1. The van der Waals surface area contributed by atoms with Crippen molar-refractivity contribution in [3.05, 3.63) is 188 Å². The van der Waals surface area contributed by atoms with E-state index in [9.17, 15) is 0 Å². The van der Waals surface area contributed by atoms with Crippen molar-refractivity contribution in [1.29, 1.82) is 0 Å². The summed E-state index contributed by atoms with van der Waals surface area (Å²) in [6, 6.07) is 35.6. The minimum absolute atomic E-state index is 0.282. The van der Waals surface area contributed by atoms with E-state index in [-0.39, 0.29) is 13.2 Å². The van der Waals surface area contributed by atoms with Crippen LogP contribution in [0.3, 0.4) is 0 Å². The van der Waals surface area contributed by atoms with Crippen LogP contribution < -0.4 is 28.4 Å². The Kier molecular flexibility index (Phi) is 22.4. The van der Waals surface area contributed by atoms with E-state index in [1.807, 2.05) is 103 Å². The molecule has 0 aliphatic carbocycles. The van der Waals surface area contributed by atoms with Gasteiger partial charge in [0.25, 0.3) is 0 Å². The van der Waals surface area contributed by atoms with Crippen molar-refractivity contribution in [3.8, 4) is 34.5 Å². The first kappa shape index (κ1) is 53.0. The Morgan fingerprint density at radius 3 is 0.746 bits per heavy atom. The molecule has 354 valence electrons. The van der Waals surface area contributed by atoms with E-state index in [4.69, 9.17) is 110 Å². The largest absolute Gasteiger partial charge is 0.490 e. The van der Waals surface area contributed by atoms with Gasteiger partial charge in [-0.3, -0.25) is 0 Å². The van der Waals surface area contributed by atoms with Gasteiger partial charge < -0.3 is 28.4 Å². The third-order valence-electron chi connectivity index (χ3n) is 10.1. The molecule has 6 rings (SSSR count). The molecule has 0 radical (unpaired) electrons. The molecule has 0 amide bonds. The van der Waals surface area contributed by atoms with Crippen LogP contribution >= 0.6 is 104 Å². The molecule has 6 aromatic carbocycles. The van der Waals surface area contributed by atoms with Gasteiger partial charge >= 0.3 is 0 Å². The fraction of sp³-hybridized carbons (Fsp3) is 0.283. The van der Waals surface area contributed by atoms with E-state index in [1.54, 1.807) is 0 Å². The Morgan fingerprint density at radius 1 is 0.284 bits per heavy atom. The van der Waals surface area contributed by atoms with Crippen molar-refractivity contribution in [3.63, 3.8) is 0 Å². The van der Waals surface area contributed by atoms with Crippen LogP contribution in [-0.4, -0.2) is 17.6 Å². The summed E-state index contributed by atoms with van der Waals surface area (Å²) < 4.78 is 38.6. The van der Waals surface area contributed by atoms with Crippen LogP contribution in [0.5, 0.6) is 34.5 Å². The Bertz CT molecular complexity index is 2410. The summed E-state index contributed by atoms with van der Waals surface area (Å²) in [6.07, 6.45) is 4.77. The van der Waals surface area contributed by atoms with E-state index < -0.39 is 0 Å². The quantitative estimate of drug-likeness (QED) is 0.0291. The van der Waals surface area contributed by atoms with Gasteiger partial charge in [0.05, 0.1) is 0 Å². The first-order valence-corrected chi connectivity index (χ1v) is 26.6. The highest BCUT2D eigenvalue weighted by Gasteiger charge is 2.11. The highest BCUT2D eigenvalue weighted by Crippen LogP contribution is 2.28. The average Bonchev–Trinajstić information content (AvgIpc) is 3.36. The number of halogens is 8.